The number of hydrogen-bond donors (Lipinski definition) is 3. The van der Waals surface area contributed by atoms with E-state index in [2.05, 4.69) is 15.0 Å². The lowest BCUT2D eigenvalue weighted by atomic mass is 10.00. The van der Waals surface area contributed by atoms with E-state index < -0.39 is 24.1 Å². The second-order valence-corrected chi connectivity index (χ2v) is 9.81. The molecule has 1 aliphatic heterocycles. The number of amides is 2. The third-order valence-electron chi connectivity index (χ3n) is 7.07. The predicted molar refractivity (Wildman–Crippen MR) is 146 cm³/mol. The molecule has 2 amide bonds. The number of ether oxygens (including phenoxy) is 1. The molecular weight excluding hydrogens is 521 g/mol. The minimum Gasteiger partial charge on any atom is -0.405 e. The average Bonchev–Trinajstić information content (AvgIpc) is 3.63. The largest absolute Gasteiger partial charge is 0.573 e. The topological polar surface area (TPSA) is 100 Å². The Kier molecular flexibility index (Phi) is 7.79. The summed E-state index contributed by atoms with van der Waals surface area (Å²) in [5, 5.41) is 3.75. The van der Waals surface area contributed by atoms with Gasteiger partial charge in [0, 0.05) is 48.3 Å². The molecule has 4 N–H and O–H groups in total. The van der Waals surface area contributed by atoms with Crippen molar-refractivity contribution in [1.29, 1.82) is 0 Å². The molecule has 1 aliphatic rings. The Bertz CT molecular complexity index is 1510. The Morgan fingerprint density at radius 1 is 1.00 bits per heavy atom. The Morgan fingerprint density at radius 2 is 1.70 bits per heavy atom. The summed E-state index contributed by atoms with van der Waals surface area (Å²) in [6, 6.07) is 17.8. The first-order valence-electron chi connectivity index (χ1n) is 13.1. The van der Waals surface area contributed by atoms with Crippen LogP contribution in [-0.4, -0.2) is 53.7 Å². The molecule has 0 radical (unpaired) electrons. The lowest BCUT2D eigenvalue weighted by Gasteiger charge is -2.19. The number of hydrogen-bond acceptors (Lipinski definition) is 4. The van der Waals surface area contributed by atoms with Crippen molar-refractivity contribution in [1.82, 2.24) is 15.2 Å². The van der Waals surface area contributed by atoms with Crippen molar-refractivity contribution >= 4 is 22.7 Å². The highest BCUT2D eigenvalue weighted by Gasteiger charge is 2.33. The van der Waals surface area contributed by atoms with E-state index >= 15 is 0 Å². The van der Waals surface area contributed by atoms with E-state index in [4.69, 9.17) is 5.73 Å². The number of likely N-dealkylation sites (tertiary alicyclic amines) is 1. The molecule has 0 saturated carbocycles. The quantitative estimate of drug-likeness (QED) is 0.278. The van der Waals surface area contributed by atoms with Gasteiger partial charge < -0.3 is 25.7 Å². The summed E-state index contributed by atoms with van der Waals surface area (Å²) >= 11 is 0. The van der Waals surface area contributed by atoms with Gasteiger partial charge in [0.1, 0.15) is 5.75 Å². The number of carbonyl (C=O) groups excluding carboxylic acids is 2. The van der Waals surface area contributed by atoms with Gasteiger partial charge in [-0.3, -0.25) is 9.59 Å². The molecule has 10 heteroatoms. The van der Waals surface area contributed by atoms with E-state index in [9.17, 15) is 22.8 Å². The molecule has 4 aromatic rings. The minimum atomic E-state index is -4.98. The first-order chi connectivity index (χ1) is 19.2. The third kappa shape index (κ3) is 6.12. The maximum absolute atomic E-state index is 13.3. The van der Waals surface area contributed by atoms with Crippen LogP contribution < -0.4 is 15.8 Å². The number of nitrogens with two attached hydrogens (primary N) is 1. The first kappa shape index (κ1) is 27.3. The highest BCUT2D eigenvalue weighted by molar-refractivity contribution is 5.99. The molecule has 5 rings (SSSR count). The van der Waals surface area contributed by atoms with Gasteiger partial charge in [-0.15, -0.1) is 13.2 Å². The molecule has 1 unspecified atom stereocenters. The molecule has 0 spiro atoms. The van der Waals surface area contributed by atoms with Gasteiger partial charge in [-0.1, -0.05) is 36.4 Å². The maximum Gasteiger partial charge on any atom is 0.573 e. The van der Waals surface area contributed by atoms with Gasteiger partial charge >= 0.3 is 6.36 Å². The number of carbonyl (C=O) groups is 2. The van der Waals surface area contributed by atoms with Gasteiger partial charge in [0.25, 0.3) is 11.8 Å². The molecule has 208 valence electrons. The van der Waals surface area contributed by atoms with Crippen LogP contribution in [0.1, 0.15) is 39.1 Å². The number of aromatic amines is 1. The summed E-state index contributed by atoms with van der Waals surface area (Å²) in [6.45, 7) is 1.53. The lowest BCUT2D eigenvalue weighted by Crippen LogP contribution is -2.42. The van der Waals surface area contributed by atoms with Crippen LogP contribution >= 0.6 is 0 Å². The molecule has 7 nitrogen and oxygen atoms in total. The number of aromatic nitrogens is 1. The molecule has 1 atom stereocenters. The van der Waals surface area contributed by atoms with E-state index in [-0.39, 0.29) is 18.0 Å². The smallest absolute Gasteiger partial charge is 0.405 e. The van der Waals surface area contributed by atoms with Gasteiger partial charge in [-0.25, -0.2) is 0 Å². The second-order valence-electron chi connectivity index (χ2n) is 9.81. The summed E-state index contributed by atoms with van der Waals surface area (Å²) in [5.41, 5.74) is 9.19. The number of para-hydroxylation sites is 1. The fourth-order valence-corrected chi connectivity index (χ4v) is 5.03. The molecule has 1 fully saturated rings. The number of rotatable bonds is 8. The summed E-state index contributed by atoms with van der Waals surface area (Å²) in [7, 11) is 0. The number of benzene rings is 3. The first-order valence-corrected chi connectivity index (χ1v) is 13.1. The van der Waals surface area contributed by atoms with Crippen molar-refractivity contribution in [2.24, 2.45) is 5.73 Å². The zero-order valence-corrected chi connectivity index (χ0v) is 21.6. The minimum absolute atomic E-state index is 0.0546. The Labute approximate surface area is 229 Å². The van der Waals surface area contributed by atoms with Crippen LogP contribution in [-0.2, 0) is 6.42 Å². The molecule has 2 heterocycles. The summed E-state index contributed by atoms with van der Waals surface area (Å²) < 4.78 is 43.7. The van der Waals surface area contributed by atoms with Crippen molar-refractivity contribution < 1.29 is 27.5 Å². The van der Waals surface area contributed by atoms with E-state index in [1.165, 1.54) is 12.1 Å². The summed E-state index contributed by atoms with van der Waals surface area (Å²) in [5.74, 6) is -1.41. The van der Waals surface area contributed by atoms with Crippen LogP contribution in [0.4, 0.5) is 13.2 Å². The standard InChI is InChI=1S/C30H29F3N4O3/c31-30(32,33)40-27-12-11-21(19-7-9-20(10-8-19)29(39)37-13-3-4-14-37)16-25(27)28(38)36-23(17-34)15-22-18-35-26-6-2-1-5-24(22)26/h1-2,5-12,16,18,23,35H,3-4,13-15,17,34H2,(H,36,38). The average molecular weight is 551 g/mol. The number of fused-ring (bicyclic) bond motifs is 1. The third-order valence-corrected chi connectivity index (χ3v) is 7.07. The van der Waals surface area contributed by atoms with Gasteiger partial charge in [0.2, 0.25) is 0 Å². The van der Waals surface area contributed by atoms with Gasteiger partial charge in [0.05, 0.1) is 5.56 Å². The molecule has 1 aromatic heterocycles. The molecule has 0 bridgehead atoms. The van der Waals surface area contributed by atoms with Crippen molar-refractivity contribution in [3.05, 3.63) is 89.6 Å². The zero-order chi connectivity index (χ0) is 28.3. The lowest BCUT2D eigenvalue weighted by molar-refractivity contribution is -0.274. The van der Waals surface area contributed by atoms with Crippen molar-refractivity contribution in [2.45, 2.75) is 31.7 Å². The number of H-pyrrole nitrogens is 1. The fourth-order valence-electron chi connectivity index (χ4n) is 5.03. The number of halogens is 3. The van der Waals surface area contributed by atoms with Crippen LogP contribution in [0.2, 0.25) is 0 Å². The van der Waals surface area contributed by atoms with E-state index in [1.807, 2.05) is 30.5 Å². The van der Waals surface area contributed by atoms with Crippen LogP contribution in [0.15, 0.2) is 72.9 Å². The van der Waals surface area contributed by atoms with Gasteiger partial charge in [0.15, 0.2) is 0 Å². The van der Waals surface area contributed by atoms with Gasteiger partial charge in [-0.05, 0) is 66.3 Å². The Morgan fingerprint density at radius 3 is 2.40 bits per heavy atom. The normalized spacial score (nSPS) is 14.3. The van der Waals surface area contributed by atoms with Gasteiger partial charge in [-0.2, -0.15) is 0 Å². The van der Waals surface area contributed by atoms with Crippen molar-refractivity contribution in [3.63, 3.8) is 0 Å². The monoisotopic (exact) mass is 550 g/mol. The second kappa shape index (κ2) is 11.4. The Hall–Kier alpha value is -4.31. The van der Waals surface area contributed by atoms with Crippen LogP contribution in [0, 0.1) is 0 Å². The fraction of sp³-hybridized carbons (Fsp3) is 0.267. The van der Waals surface area contributed by atoms with Crippen LogP contribution in [0.5, 0.6) is 5.75 Å². The molecule has 3 aromatic carbocycles. The highest BCUT2D eigenvalue weighted by Crippen LogP contribution is 2.31. The van der Waals surface area contributed by atoms with Crippen molar-refractivity contribution in [2.75, 3.05) is 19.6 Å². The molecule has 1 saturated heterocycles. The number of alkyl halides is 3. The summed E-state index contributed by atoms with van der Waals surface area (Å²) in [4.78, 5) is 30.9. The summed E-state index contributed by atoms with van der Waals surface area (Å²) in [6.07, 6.45) is -0.808. The van der Waals surface area contributed by atoms with Crippen LogP contribution in [0.3, 0.4) is 0 Å². The van der Waals surface area contributed by atoms with E-state index in [1.54, 1.807) is 29.2 Å². The van der Waals surface area contributed by atoms with Crippen molar-refractivity contribution in [3.8, 4) is 16.9 Å². The van der Waals surface area contributed by atoms with E-state index in [0.717, 1.165) is 48.5 Å². The van der Waals surface area contributed by atoms with E-state index in [0.29, 0.717) is 23.1 Å². The molecule has 0 aliphatic carbocycles. The van der Waals surface area contributed by atoms with Crippen LogP contribution in [0.25, 0.3) is 22.0 Å². The predicted octanol–water partition coefficient (Wildman–Crippen LogP) is 5.27. The highest BCUT2D eigenvalue weighted by atomic mass is 19.4. The number of nitrogens with zero attached hydrogens (tertiary/aromatic N) is 1. The molecule has 40 heavy (non-hydrogen) atoms. The SMILES string of the molecule is NCC(Cc1c[nH]c2ccccc12)NC(=O)c1cc(-c2ccc(C(=O)N3CCCC3)cc2)ccc1OC(F)(F)F. The zero-order valence-electron chi connectivity index (χ0n) is 21.6. The Balaban J connectivity index is 1.39. The maximum atomic E-state index is 13.3. The number of nitrogens with one attached hydrogen (secondary N) is 2. The molecular formula is C30H29F3N4O3.